The van der Waals surface area contributed by atoms with E-state index in [0.29, 0.717) is 19.3 Å². The van der Waals surface area contributed by atoms with Gasteiger partial charge in [-0.05, 0) is 103 Å². The van der Waals surface area contributed by atoms with Crippen LogP contribution in [-0.2, 0) is 28.6 Å². The molecule has 0 aromatic carbocycles. The Bertz CT molecular complexity index is 1580. The largest absolute Gasteiger partial charge is 0.462 e. The van der Waals surface area contributed by atoms with Crippen molar-refractivity contribution in [1.29, 1.82) is 0 Å². The number of ether oxygens (including phenoxy) is 3. The highest BCUT2D eigenvalue weighted by Gasteiger charge is 2.19. The Hall–Kier alpha value is -3.67. The van der Waals surface area contributed by atoms with Crippen LogP contribution in [0.2, 0.25) is 0 Å². The summed E-state index contributed by atoms with van der Waals surface area (Å²) in [6.45, 7) is 6.48. The Kier molecular flexibility index (Phi) is 65.7. The summed E-state index contributed by atoms with van der Waals surface area (Å²) in [6, 6.07) is 0. The first-order chi connectivity index (χ1) is 40.0. The molecule has 0 spiro atoms. The van der Waals surface area contributed by atoms with E-state index in [9.17, 15) is 14.4 Å². The molecule has 0 fully saturated rings. The maximum atomic E-state index is 12.9. The van der Waals surface area contributed by atoms with E-state index in [1.54, 1.807) is 0 Å². The van der Waals surface area contributed by atoms with Crippen LogP contribution >= 0.6 is 0 Å². The fourth-order valence-corrected chi connectivity index (χ4v) is 9.89. The van der Waals surface area contributed by atoms with Crippen LogP contribution in [0.3, 0.4) is 0 Å². The monoisotopic (exact) mass is 1130 g/mol. The summed E-state index contributed by atoms with van der Waals surface area (Å²) < 4.78 is 16.8. The average Bonchev–Trinajstić information content (AvgIpc) is 3.47. The number of esters is 3. The molecule has 1 unspecified atom stereocenters. The normalized spacial score (nSPS) is 12.7. The Morgan fingerprint density at radius 3 is 0.765 bits per heavy atom. The van der Waals surface area contributed by atoms with Gasteiger partial charge in [0, 0.05) is 19.3 Å². The Labute approximate surface area is 502 Å². The average molecular weight is 1130 g/mol. The van der Waals surface area contributed by atoms with E-state index in [2.05, 4.69) is 118 Å². The van der Waals surface area contributed by atoms with Gasteiger partial charge in [0.25, 0.3) is 0 Å². The molecule has 0 N–H and O–H groups in total. The Balaban J connectivity index is 4.00. The molecule has 0 saturated heterocycles. The maximum Gasteiger partial charge on any atom is 0.306 e. The van der Waals surface area contributed by atoms with Gasteiger partial charge in [0.2, 0.25) is 0 Å². The van der Waals surface area contributed by atoms with Crippen LogP contribution in [0.15, 0.2) is 97.2 Å². The van der Waals surface area contributed by atoms with E-state index in [-0.39, 0.29) is 31.1 Å². The zero-order valence-corrected chi connectivity index (χ0v) is 53.5. The van der Waals surface area contributed by atoms with Crippen LogP contribution < -0.4 is 0 Å². The topological polar surface area (TPSA) is 78.9 Å². The van der Waals surface area contributed by atoms with E-state index in [4.69, 9.17) is 14.2 Å². The molecule has 0 saturated carbocycles. The highest BCUT2D eigenvalue weighted by molar-refractivity contribution is 5.71. The van der Waals surface area contributed by atoms with E-state index in [1.165, 1.54) is 193 Å². The fraction of sp³-hybridized carbons (Fsp3) is 0.747. The van der Waals surface area contributed by atoms with E-state index < -0.39 is 6.10 Å². The van der Waals surface area contributed by atoms with Gasteiger partial charge in [-0.1, -0.05) is 317 Å². The van der Waals surface area contributed by atoms with Gasteiger partial charge >= 0.3 is 17.9 Å². The predicted molar refractivity (Wildman–Crippen MR) is 353 cm³/mol. The van der Waals surface area contributed by atoms with Gasteiger partial charge in [-0.3, -0.25) is 14.4 Å². The van der Waals surface area contributed by atoms with Gasteiger partial charge in [0.15, 0.2) is 6.10 Å². The summed E-state index contributed by atoms with van der Waals surface area (Å²) in [4.78, 5) is 38.0. The highest BCUT2D eigenvalue weighted by Crippen LogP contribution is 2.17. The third kappa shape index (κ3) is 67.0. The van der Waals surface area contributed by atoms with Gasteiger partial charge in [0.1, 0.15) is 13.2 Å². The van der Waals surface area contributed by atoms with Gasteiger partial charge in [0.05, 0.1) is 0 Å². The second-order valence-electron chi connectivity index (χ2n) is 23.1. The lowest BCUT2D eigenvalue weighted by Crippen LogP contribution is -2.30. The summed E-state index contributed by atoms with van der Waals surface area (Å²) in [5.74, 6) is -0.880. The lowest BCUT2D eigenvalue weighted by molar-refractivity contribution is -0.167. The number of unbranched alkanes of at least 4 members (excludes halogenated alkanes) is 36. The van der Waals surface area contributed by atoms with Crippen LogP contribution in [0, 0.1) is 0 Å². The molecular formula is C75H130O6. The zero-order valence-electron chi connectivity index (χ0n) is 53.5. The second-order valence-corrected chi connectivity index (χ2v) is 23.1. The van der Waals surface area contributed by atoms with Crippen molar-refractivity contribution < 1.29 is 28.6 Å². The fourth-order valence-electron chi connectivity index (χ4n) is 9.89. The molecule has 0 aromatic rings. The first-order valence-corrected chi connectivity index (χ1v) is 34.7. The van der Waals surface area contributed by atoms with Crippen molar-refractivity contribution >= 4 is 17.9 Å². The summed E-state index contributed by atoms with van der Waals surface area (Å²) in [6.07, 6.45) is 93.4. The van der Waals surface area contributed by atoms with Crippen molar-refractivity contribution in [2.24, 2.45) is 0 Å². The molecule has 0 radical (unpaired) electrons. The van der Waals surface area contributed by atoms with Crippen molar-refractivity contribution in [3.8, 4) is 0 Å². The first kappa shape index (κ1) is 77.3. The van der Waals surface area contributed by atoms with E-state index >= 15 is 0 Å². The van der Waals surface area contributed by atoms with Gasteiger partial charge in [-0.2, -0.15) is 0 Å². The van der Waals surface area contributed by atoms with Crippen LogP contribution in [0.25, 0.3) is 0 Å². The number of allylic oxidation sites excluding steroid dienone is 16. The van der Waals surface area contributed by atoms with Gasteiger partial charge in [-0.25, -0.2) is 0 Å². The zero-order chi connectivity index (χ0) is 58.5. The highest BCUT2D eigenvalue weighted by atomic mass is 16.6. The quantitative estimate of drug-likeness (QED) is 0.0261. The first-order valence-electron chi connectivity index (χ1n) is 34.7. The molecule has 1 atom stereocenters. The van der Waals surface area contributed by atoms with Crippen molar-refractivity contribution in [2.45, 2.75) is 348 Å². The summed E-state index contributed by atoms with van der Waals surface area (Å²) >= 11 is 0. The smallest absolute Gasteiger partial charge is 0.306 e. The van der Waals surface area contributed by atoms with Crippen LogP contribution in [0.5, 0.6) is 0 Å². The standard InChI is InChI=1S/C75H130O6/c1-4-7-10-13-15-17-19-21-23-25-27-29-31-33-34-35-36-37-38-39-40-42-43-45-47-49-51-53-55-57-59-62-65-68-74(77)80-71-72(70-79-73(76)67-64-61-12-9-6-3)81-75(78)69-66-63-60-58-56-54-52-50-48-46-44-41-32-30-28-26-24-22-20-18-16-14-11-8-5-2/h7,10,15,17,21,23,26-29,33-34,36-37,39-40,72H,4-6,8-9,11-14,16,18-20,22,24-25,30-32,35,38,41-71H2,1-3H3/b10-7-,17-15-,23-21-,28-26-,29-27-,34-33-,37-36-,40-39-. The van der Waals surface area contributed by atoms with Crippen molar-refractivity contribution in [1.82, 2.24) is 0 Å². The number of carbonyl (C=O) groups excluding carboxylic acids is 3. The number of rotatable bonds is 63. The molecule has 0 rings (SSSR count). The molecule has 81 heavy (non-hydrogen) atoms. The number of carbonyl (C=O) groups is 3. The molecule has 0 heterocycles. The molecule has 0 amide bonds. The van der Waals surface area contributed by atoms with Crippen LogP contribution in [0.4, 0.5) is 0 Å². The summed E-state index contributed by atoms with van der Waals surface area (Å²) in [7, 11) is 0. The van der Waals surface area contributed by atoms with Crippen molar-refractivity contribution in [3.63, 3.8) is 0 Å². The van der Waals surface area contributed by atoms with Crippen LogP contribution in [0.1, 0.15) is 342 Å². The number of hydrogen-bond donors (Lipinski definition) is 0. The summed E-state index contributed by atoms with van der Waals surface area (Å²) in [5, 5.41) is 0. The number of hydrogen-bond acceptors (Lipinski definition) is 6. The third-order valence-electron chi connectivity index (χ3n) is 15.1. The maximum absolute atomic E-state index is 12.9. The predicted octanol–water partition coefficient (Wildman–Crippen LogP) is 24.0. The Morgan fingerprint density at radius 1 is 0.259 bits per heavy atom. The summed E-state index contributed by atoms with van der Waals surface area (Å²) in [5.41, 5.74) is 0. The SMILES string of the molecule is CC/C=C\C/C=C\C/C=C\C/C=C\C/C=C\C/C=C\C/C=C\CCCCCCCCCCCCCC(=O)OCC(COC(=O)CCCCCCC)OC(=O)CCCCCCCCCCCCCCC/C=C\CCCCCCCCCC. The molecule has 466 valence electrons. The van der Waals surface area contributed by atoms with E-state index in [0.717, 1.165) is 109 Å². The minimum atomic E-state index is -0.775. The van der Waals surface area contributed by atoms with Crippen molar-refractivity contribution in [2.75, 3.05) is 13.2 Å². The second kappa shape index (κ2) is 68.8. The molecular weight excluding hydrogens is 997 g/mol. The lowest BCUT2D eigenvalue weighted by atomic mass is 10.0. The Morgan fingerprint density at radius 2 is 0.481 bits per heavy atom. The van der Waals surface area contributed by atoms with E-state index in [1.807, 2.05) is 0 Å². The molecule has 6 nitrogen and oxygen atoms in total. The molecule has 0 aliphatic carbocycles. The molecule has 0 aromatic heterocycles. The van der Waals surface area contributed by atoms with Gasteiger partial charge in [-0.15, -0.1) is 0 Å². The molecule has 0 aliphatic rings. The lowest BCUT2D eigenvalue weighted by Gasteiger charge is -2.18. The minimum Gasteiger partial charge on any atom is -0.462 e. The van der Waals surface area contributed by atoms with Crippen LogP contribution in [-0.4, -0.2) is 37.2 Å². The minimum absolute atomic E-state index is 0.0758. The molecule has 0 bridgehead atoms. The molecule has 6 heteroatoms. The third-order valence-corrected chi connectivity index (χ3v) is 15.1. The van der Waals surface area contributed by atoms with Gasteiger partial charge < -0.3 is 14.2 Å². The van der Waals surface area contributed by atoms with Crippen molar-refractivity contribution in [3.05, 3.63) is 97.2 Å². The molecule has 0 aliphatic heterocycles.